The van der Waals surface area contributed by atoms with Crippen LogP contribution in [0.1, 0.15) is 52.9 Å². The molecular formula is C34H32BrN3O9S2. The van der Waals surface area contributed by atoms with Gasteiger partial charge in [0, 0.05) is 44.7 Å². The van der Waals surface area contributed by atoms with Crippen LogP contribution >= 0.6 is 39.0 Å². The highest BCUT2D eigenvalue weighted by molar-refractivity contribution is 9.10. The number of halogens is 1. The maximum absolute atomic E-state index is 13.8. The molecule has 4 aliphatic rings. The van der Waals surface area contributed by atoms with Gasteiger partial charge in [-0.15, -0.1) is 11.8 Å². The van der Waals surface area contributed by atoms with Crippen LogP contribution in [0.5, 0.6) is 5.75 Å². The number of carbonyl (C=O) groups is 5. The van der Waals surface area contributed by atoms with Crippen molar-refractivity contribution >= 4 is 74.4 Å². The van der Waals surface area contributed by atoms with E-state index in [2.05, 4.69) is 26.2 Å². The highest BCUT2D eigenvalue weighted by Gasteiger charge is 2.69. The summed E-state index contributed by atoms with van der Waals surface area (Å²) in [6.45, 7) is 1.76. The largest absolute Gasteiger partial charge is 0.483 e. The number of thiazole rings is 1. The molecule has 3 amide bonds. The summed E-state index contributed by atoms with van der Waals surface area (Å²) in [6.07, 6.45) is 0.784. The molecule has 3 N–H and O–H groups in total. The van der Waals surface area contributed by atoms with Gasteiger partial charge >= 0.3 is 16.8 Å². The molecule has 1 saturated heterocycles. The van der Waals surface area contributed by atoms with E-state index < -0.39 is 29.7 Å². The van der Waals surface area contributed by atoms with Crippen LogP contribution in [0.2, 0.25) is 0 Å². The number of fused-ring (bicyclic) bond motifs is 9. The van der Waals surface area contributed by atoms with E-state index >= 15 is 0 Å². The number of imide groups is 1. The minimum atomic E-state index is -0.973. The monoisotopic (exact) mass is 769 g/mol. The normalized spacial score (nSPS) is 26.2. The number of carbonyl (C=O) groups excluding carboxylic acids is 4. The third-order valence-electron chi connectivity index (χ3n) is 9.93. The predicted octanol–water partition coefficient (Wildman–Crippen LogP) is 4.73. The van der Waals surface area contributed by atoms with Crippen molar-refractivity contribution in [3.05, 3.63) is 72.6 Å². The number of hydrogen-bond acceptors (Lipinski definition) is 10. The summed E-state index contributed by atoms with van der Waals surface area (Å²) in [5.41, 5.74) is 1.62. The lowest BCUT2D eigenvalue weighted by atomic mass is 9.68. The van der Waals surface area contributed by atoms with Crippen molar-refractivity contribution in [3.63, 3.8) is 0 Å². The third-order valence-corrected chi connectivity index (χ3v) is 13.0. The topological polar surface area (TPSA) is 172 Å². The van der Waals surface area contributed by atoms with Gasteiger partial charge in [0.05, 0.1) is 29.0 Å². The molecule has 7 atom stereocenters. The number of carboxylic acids is 1. The molecule has 2 saturated carbocycles. The zero-order valence-electron chi connectivity index (χ0n) is 26.2. The number of likely N-dealkylation sites (tertiary alicyclic amines) is 1. The predicted molar refractivity (Wildman–Crippen MR) is 183 cm³/mol. The molecule has 1 aromatic heterocycles. The minimum absolute atomic E-state index is 0.0440. The Balaban J connectivity index is 1.15. The van der Waals surface area contributed by atoms with E-state index in [-0.39, 0.29) is 78.2 Å². The summed E-state index contributed by atoms with van der Waals surface area (Å²) < 4.78 is 11.9. The highest BCUT2D eigenvalue weighted by Crippen LogP contribution is 2.69. The van der Waals surface area contributed by atoms with Crippen molar-refractivity contribution in [1.29, 1.82) is 0 Å². The molecule has 256 valence electrons. The molecule has 6 unspecified atom stereocenters. The van der Waals surface area contributed by atoms with Gasteiger partial charge in [0.25, 0.3) is 5.91 Å². The summed E-state index contributed by atoms with van der Waals surface area (Å²) in [5, 5.41) is 12.6. The number of hydrogen-bond donors (Lipinski definition) is 3. The Morgan fingerprint density at radius 2 is 1.80 bits per heavy atom. The van der Waals surface area contributed by atoms with E-state index in [1.807, 2.05) is 12.1 Å². The van der Waals surface area contributed by atoms with Gasteiger partial charge in [0.1, 0.15) is 5.75 Å². The number of benzene rings is 2. The number of aliphatic carboxylic acids is 1. The van der Waals surface area contributed by atoms with Crippen molar-refractivity contribution in [3.8, 4) is 5.75 Å². The first-order valence-corrected chi connectivity index (χ1v) is 18.5. The van der Waals surface area contributed by atoms with E-state index in [0.29, 0.717) is 23.4 Å². The summed E-state index contributed by atoms with van der Waals surface area (Å²) >= 11 is 6.28. The number of amides is 3. The molecule has 7 rings (SSSR count). The Labute approximate surface area is 297 Å². The molecule has 3 heterocycles. The molecule has 12 nitrogen and oxygen atoms in total. The van der Waals surface area contributed by atoms with Crippen LogP contribution in [0.25, 0.3) is 0 Å². The highest BCUT2D eigenvalue weighted by atomic mass is 79.9. The Morgan fingerprint density at radius 1 is 1.06 bits per heavy atom. The van der Waals surface area contributed by atoms with Crippen LogP contribution < -0.4 is 14.9 Å². The minimum Gasteiger partial charge on any atom is -0.483 e. The Kier molecular flexibility index (Phi) is 9.17. The van der Waals surface area contributed by atoms with E-state index in [4.69, 9.17) is 14.6 Å². The average molecular weight is 771 g/mol. The molecule has 2 aliphatic carbocycles. The van der Waals surface area contributed by atoms with Gasteiger partial charge in [0.15, 0.2) is 6.61 Å². The number of carboxylic acid groups (broad SMARTS) is 1. The zero-order chi connectivity index (χ0) is 34.6. The SMILES string of the molecule is CCOC(=O)c1ccc(NC(=O)COc2ccc(Br)cc2[C@H]2c3sc(=O)[nH]c3SC3C4CC(C5C(=O)N(CCCC(=O)O)C(=O)C45)C32)cc1. The van der Waals surface area contributed by atoms with Gasteiger partial charge in [-0.05, 0) is 80.0 Å². The number of rotatable bonds is 11. The van der Waals surface area contributed by atoms with E-state index in [1.54, 1.807) is 49.0 Å². The van der Waals surface area contributed by atoms with E-state index in [1.165, 1.54) is 4.90 Å². The lowest BCUT2D eigenvalue weighted by Gasteiger charge is -2.43. The van der Waals surface area contributed by atoms with Crippen LogP contribution in [0.15, 0.2) is 56.8 Å². The molecule has 2 aliphatic heterocycles. The quantitative estimate of drug-likeness (QED) is 0.183. The maximum Gasteiger partial charge on any atom is 0.338 e. The van der Waals surface area contributed by atoms with Crippen molar-refractivity contribution in [1.82, 2.24) is 9.88 Å². The van der Waals surface area contributed by atoms with Crippen LogP contribution in [0, 0.1) is 29.6 Å². The van der Waals surface area contributed by atoms with Gasteiger partial charge in [-0.25, -0.2) is 4.79 Å². The third kappa shape index (κ3) is 6.09. The number of aromatic amines is 1. The van der Waals surface area contributed by atoms with Crippen LogP contribution in [0.4, 0.5) is 5.69 Å². The molecule has 15 heteroatoms. The van der Waals surface area contributed by atoms with Gasteiger partial charge in [-0.2, -0.15) is 0 Å². The number of esters is 1. The molecule has 2 aromatic carbocycles. The first-order chi connectivity index (χ1) is 23.5. The summed E-state index contributed by atoms with van der Waals surface area (Å²) in [5.74, 6) is -3.43. The lowest BCUT2D eigenvalue weighted by Crippen LogP contribution is -2.42. The Bertz CT molecular complexity index is 1910. The smallest absolute Gasteiger partial charge is 0.338 e. The first kappa shape index (κ1) is 33.5. The first-order valence-electron chi connectivity index (χ1n) is 16.0. The molecule has 3 aromatic rings. The summed E-state index contributed by atoms with van der Waals surface area (Å²) in [7, 11) is 0. The van der Waals surface area contributed by atoms with Crippen molar-refractivity contribution < 1.29 is 38.6 Å². The average Bonchev–Trinajstić information content (AvgIpc) is 3.80. The molecular weight excluding hydrogens is 738 g/mol. The Morgan fingerprint density at radius 3 is 2.51 bits per heavy atom. The number of H-pyrrole nitrogens is 1. The number of aromatic nitrogens is 1. The number of thioether (sulfide) groups is 1. The maximum atomic E-state index is 13.8. The summed E-state index contributed by atoms with van der Waals surface area (Å²) in [4.78, 5) is 81.0. The van der Waals surface area contributed by atoms with Crippen molar-refractivity contribution in [2.45, 2.75) is 42.4 Å². The second-order valence-corrected chi connectivity index (χ2v) is 15.7. The number of ether oxygens (including phenoxy) is 2. The van der Waals surface area contributed by atoms with E-state index in [9.17, 15) is 28.8 Å². The fourth-order valence-electron chi connectivity index (χ4n) is 8.17. The van der Waals surface area contributed by atoms with Gasteiger partial charge in [-0.3, -0.25) is 28.9 Å². The molecule has 3 fully saturated rings. The molecule has 0 radical (unpaired) electrons. The number of nitrogens with one attached hydrogen (secondary N) is 2. The van der Waals surface area contributed by atoms with Crippen molar-refractivity contribution in [2.75, 3.05) is 25.1 Å². The van der Waals surface area contributed by atoms with Crippen LogP contribution in [0.3, 0.4) is 0 Å². The lowest BCUT2D eigenvalue weighted by molar-refractivity contribution is -0.142. The zero-order valence-corrected chi connectivity index (χ0v) is 29.4. The van der Waals surface area contributed by atoms with Crippen molar-refractivity contribution in [2.24, 2.45) is 29.6 Å². The second-order valence-electron chi connectivity index (χ2n) is 12.6. The second kappa shape index (κ2) is 13.4. The van der Waals surface area contributed by atoms with Gasteiger partial charge < -0.3 is 24.9 Å². The molecule has 49 heavy (non-hydrogen) atoms. The Hall–Kier alpha value is -3.95. The summed E-state index contributed by atoms with van der Waals surface area (Å²) in [6, 6.07) is 11.9. The molecule has 0 spiro atoms. The van der Waals surface area contributed by atoms with E-state index in [0.717, 1.165) is 31.3 Å². The fourth-order valence-corrected chi connectivity index (χ4v) is 11.4. The van der Waals surface area contributed by atoms with Crippen LogP contribution in [-0.2, 0) is 23.9 Å². The van der Waals surface area contributed by atoms with Crippen LogP contribution in [-0.4, -0.2) is 69.7 Å². The number of anilines is 1. The van der Waals surface area contributed by atoms with Gasteiger partial charge in [0.2, 0.25) is 11.8 Å². The number of nitrogens with zero attached hydrogens (tertiary/aromatic N) is 1. The standard InChI is InChI=1S/C34H32BrN3O9S2/c1-2-46-33(44)15-5-8-17(9-6-15)36-22(39)14-47-21-10-7-16(35)12-18(21)24-25-19-13-20(28(25)48-30-29(24)49-34(45)37-30)27-26(19)31(42)38(32(27)43)11-3-4-23(40)41/h5-10,12,19-20,24-28H,2-4,11,13-14H2,1H3,(H,36,39)(H,37,45)(H,40,41)/t19?,20?,24-,25?,26?,27?,28?/m1/s1. The van der Waals surface area contributed by atoms with Gasteiger partial charge in [-0.1, -0.05) is 27.3 Å². The fraction of sp³-hybridized carbons (Fsp3) is 0.412. The molecule has 2 bridgehead atoms.